The molecule has 0 fully saturated rings. The van der Waals surface area contributed by atoms with Gasteiger partial charge in [0.15, 0.2) is 0 Å². The summed E-state index contributed by atoms with van der Waals surface area (Å²) in [5.41, 5.74) is 8.61. The number of rotatable bonds is 3. The molecule has 2 atom stereocenters. The normalized spacial score (nSPS) is 20.1. The van der Waals surface area contributed by atoms with E-state index in [-0.39, 0.29) is 11.3 Å². The van der Waals surface area contributed by atoms with Gasteiger partial charge in [0.05, 0.1) is 6.04 Å². The van der Waals surface area contributed by atoms with E-state index < -0.39 is 6.04 Å². The molecule has 0 spiro atoms. The summed E-state index contributed by atoms with van der Waals surface area (Å²) in [7, 11) is 0. The average Bonchev–Trinajstić information content (AvgIpc) is 2.42. The maximum Gasteiger partial charge on any atom is 0.237 e. The minimum Gasteiger partial charge on any atom is -0.354 e. The van der Waals surface area contributed by atoms with Crippen LogP contribution in [0.25, 0.3) is 0 Å². The van der Waals surface area contributed by atoms with Gasteiger partial charge in [0, 0.05) is 12.5 Å². The quantitative estimate of drug-likeness (QED) is 0.890. The van der Waals surface area contributed by atoms with Gasteiger partial charge in [0.25, 0.3) is 0 Å². The third-order valence-electron chi connectivity index (χ3n) is 4.23. The molecular weight excluding hydrogens is 248 g/mol. The van der Waals surface area contributed by atoms with Crippen molar-refractivity contribution in [2.24, 2.45) is 11.1 Å². The third-order valence-corrected chi connectivity index (χ3v) is 4.23. The first-order valence-corrected chi connectivity index (χ1v) is 7.50. The van der Waals surface area contributed by atoms with Gasteiger partial charge < -0.3 is 11.1 Å². The molecule has 3 N–H and O–H groups in total. The molecule has 1 amide bonds. The molecule has 0 saturated heterocycles. The van der Waals surface area contributed by atoms with Gasteiger partial charge in [-0.3, -0.25) is 4.79 Å². The Kier molecular flexibility index (Phi) is 4.48. The second-order valence-electron chi connectivity index (χ2n) is 6.88. The molecule has 1 aromatic rings. The summed E-state index contributed by atoms with van der Waals surface area (Å²) in [4.78, 5) is 12.1. The topological polar surface area (TPSA) is 55.1 Å². The van der Waals surface area contributed by atoms with E-state index in [1.165, 1.54) is 17.5 Å². The first-order valence-electron chi connectivity index (χ1n) is 7.50. The molecule has 20 heavy (non-hydrogen) atoms. The fraction of sp³-hybridized carbons (Fsp3) is 0.588. The number of aryl methyl sites for hydroxylation is 1. The fourth-order valence-electron chi connectivity index (χ4n) is 2.79. The highest BCUT2D eigenvalue weighted by atomic mass is 16.2. The summed E-state index contributed by atoms with van der Waals surface area (Å²) in [5, 5.41) is 3.04. The molecule has 0 bridgehead atoms. The highest BCUT2D eigenvalue weighted by molar-refractivity contribution is 5.82. The van der Waals surface area contributed by atoms with Crippen molar-refractivity contribution >= 4 is 5.91 Å². The van der Waals surface area contributed by atoms with E-state index in [1.54, 1.807) is 0 Å². The van der Waals surface area contributed by atoms with Gasteiger partial charge in [-0.1, -0.05) is 45.0 Å². The lowest BCUT2D eigenvalue weighted by atomic mass is 9.82. The number of nitrogens with two attached hydrogens (primary N) is 1. The molecule has 1 aromatic carbocycles. The van der Waals surface area contributed by atoms with Gasteiger partial charge in [-0.25, -0.2) is 0 Å². The van der Waals surface area contributed by atoms with Crippen LogP contribution in [0.4, 0.5) is 0 Å². The van der Waals surface area contributed by atoms with Crippen molar-refractivity contribution in [1.29, 1.82) is 0 Å². The number of fused-ring (bicyclic) bond motifs is 1. The smallest absolute Gasteiger partial charge is 0.237 e. The van der Waals surface area contributed by atoms with E-state index in [9.17, 15) is 4.79 Å². The van der Waals surface area contributed by atoms with E-state index in [1.807, 2.05) is 20.8 Å². The summed E-state index contributed by atoms with van der Waals surface area (Å²) in [6.07, 6.45) is 3.49. The van der Waals surface area contributed by atoms with Gasteiger partial charge in [0.1, 0.15) is 0 Å². The molecule has 0 saturated carbocycles. The van der Waals surface area contributed by atoms with Gasteiger partial charge in [-0.05, 0) is 35.8 Å². The van der Waals surface area contributed by atoms with Crippen LogP contribution >= 0.6 is 0 Å². The first kappa shape index (κ1) is 15.0. The van der Waals surface area contributed by atoms with Crippen molar-refractivity contribution in [3.05, 3.63) is 35.4 Å². The molecule has 3 nitrogen and oxygen atoms in total. The molecule has 1 unspecified atom stereocenters. The standard InChI is InChI=1S/C17H26N2O/c1-17(2,3)15(18)16(20)19-11-13-9-6-8-12-7-4-5-10-14(12)13/h4-5,7,10,13,15H,6,8-9,11,18H2,1-3H3,(H,19,20)/t13?,15-/m1/s1. The van der Waals surface area contributed by atoms with Crippen LogP contribution in [0.2, 0.25) is 0 Å². The largest absolute Gasteiger partial charge is 0.354 e. The minimum atomic E-state index is -0.457. The van der Waals surface area contributed by atoms with Crippen molar-refractivity contribution in [3.8, 4) is 0 Å². The molecule has 110 valence electrons. The van der Waals surface area contributed by atoms with E-state index >= 15 is 0 Å². The van der Waals surface area contributed by atoms with Crippen LogP contribution in [0.5, 0.6) is 0 Å². The van der Waals surface area contributed by atoms with Crippen LogP contribution in [-0.4, -0.2) is 18.5 Å². The zero-order valence-corrected chi connectivity index (χ0v) is 12.8. The Bertz CT molecular complexity index is 476. The minimum absolute atomic E-state index is 0.0412. The summed E-state index contributed by atoms with van der Waals surface area (Å²) in [5.74, 6) is 0.386. The summed E-state index contributed by atoms with van der Waals surface area (Å²) in [6, 6.07) is 8.11. The Hall–Kier alpha value is -1.35. The molecule has 2 rings (SSSR count). The molecule has 0 aliphatic heterocycles. The number of hydrogen-bond donors (Lipinski definition) is 2. The van der Waals surface area contributed by atoms with Crippen LogP contribution in [-0.2, 0) is 11.2 Å². The molecule has 1 aliphatic rings. The number of amides is 1. The van der Waals surface area contributed by atoms with Gasteiger partial charge in [-0.15, -0.1) is 0 Å². The summed E-state index contributed by atoms with van der Waals surface area (Å²) < 4.78 is 0. The molecule has 3 heteroatoms. The molecule has 1 aliphatic carbocycles. The SMILES string of the molecule is CC(C)(C)[C@H](N)C(=O)NCC1CCCc2ccccc21. The van der Waals surface area contributed by atoms with Crippen molar-refractivity contribution in [3.63, 3.8) is 0 Å². The van der Waals surface area contributed by atoms with Gasteiger partial charge in [0.2, 0.25) is 5.91 Å². The number of benzene rings is 1. The highest BCUT2D eigenvalue weighted by Gasteiger charge is 2.28. The third kappa shape index (κ3) is 3.40. The lowest BCUT2D eigenvalue weighted by Crippen LogP contribution is -2.49. The van der Waals surface area contributed by atoms with Crippen molar-refractivity contribution < 1.29 is 4.79 Å². The molecule has 0 heterocycles. The van der Waals surface area contributed by atoms with Crippen molar-refractivity contribution in [1.82, 2.24) is 5.32 Å². The van der Waals surface area contributed by atoms with E-state index in [0.717, 1.165) is 12.8 Å². The zero-order valence-electron chi connectivity index (χ0n) is 12.8. The van der Waals surface area contributed by atoms with Crippen LogP contribution < -0.4 is 11.1 Å². The second kappa shape index (κ2) is 5.96. The zero-order chi connectivity index (χ0) is 14.8. The van der Waals surface area contributed by atoms with Crippen LogP contribution in [0.1, 0.15) is 50.7 Å². The summed E-state index contributed by atoms with van der Waals surface area (Å²) in [6.45, 7) is 6.67. The lowest BCUT2D eigenvalue weighted by molar-refractivity contribution is -0.124. The number of hydrogen-bond acceptors (Lipinski definition) is 2. The maximum atomic E-state index is 12.1. The van der Waals surface area contributed by atoms with Crippen LogP contribution in [0.3, 0.4) is 0 Å². The lowest BCUT2D eigenvalue weighted by Gasteiger charge is -2.29. The Morgan fingerprint density at radius 3 is 2.80 bits per heavy atom. The second-order valence-corrected chi connectivity index (χ2v) is 6.88. The molecule has 0 aromatic heterocycles. The van der Waals surface area contributed by atoms with E-state index in [0.29, 0.717) is 12.5 Å². The number of nitrogens with one attached hydrogen (secondary N) is 1. The molecule has 0 radical (unpaired) electrons. The first-order chi connectivity index (χ1) is 9.39. The fourth-order valence-corrected chi connectivity index (χ4v) is 2.79. The maximum absolute atomic E-state index is 12.1. The van der Waals surface area contributed by atoms with Gasteiger partial charge in [-0.2, -0.15) is 0 Å². The van der Waals surface area contributed by atoms with Crippen LogP contribution in [0.15, 0.2) is 24.3 Å². The van der Waals surface area contributed by atoms with Crippen molar-refractivity contribution in [2.75, 3.05) is 6.54 Å². The Balaban J connectivity index is 1.97. The van der Waals surface area contributed by atoms with E-state index in [4.69, 9.17) is 5.73 Å². The van der Waals surface area contributed by atoms with Gasteiger partial charge >= 0.3 is 0 Å². The van der Waals surface area contributed by atoms with Crippen molar-refractivity contribution in [2.45, 2.75) is 52.0 Å². The Morgan fingerprint density at radius 1 is 1.40 bits per heavy atom. The summed E-state index contributed by atoms with van der Waals surface area (Å²) >= 11 is 0. The number of carbonyl (C=O) groups is 1. The molecular formula is C17H26N2O. The number of carbonyl (C=O) groups excluding carboxylic acids is 1. The van der Waals surface area contributed by atoms with E-state index in [2.05, 4.69) is 29.6 Å². The Labute approximate surface area is 121 Å². The Morgan fingerprint density at radius 2 is 2.10 bits per heavy atom. The predicted molar refractivity (Wildman–Crippen MR) is 82.6 cm³/mol. The highest BCUT2D eigenvalue weighted by Crippen LogP contribution is 2.30. The average molecular weight is 274 g/mol. The monoisotopic (exact) mass is 274 g/mol. The predicted octanol–water partition coefficient (Wildman–Crippen LogP) is 2.60. The van der Waals surface area contributed by atoms with Crippen LogP contribution in [0, 0.1) is 5.41 Å².